The van der Waals surface area contributed by atoms with Gasteiger partial charge in [0.15, 0.2) is 0 Å². The number of benzene rings is 1. The zero-order chi connectivity index (χ0) is 16.8. The van der Waals surface area contributed by atoms with Crippen molar-refractivity contribution < 1.29 is 0 Å². The van der Waals surface area contributed by atoms with E-state index in [0.29, 0.717) is 5.41 Å². The standard InChI is InChI=1S/C22H38/c1-17(2)8-10-19-14-20(11-9-18(3)4)16-21(15-19)12-13-22(5,6)7/h14-18H,8-13H2,1-7H3. The first kappa shape index (κ1) is 19.3. The summed E-state index contributed by atoms with van der Waals surface area (Å²) in [6.45, 7) is 16.3. The lowest BCUT2D eigenvalue weighted by molar-refractivity contribution is 0.378. The monoisotopic (exact) mass is 302 g/mol. The number of hydrogen-bond acceptors (Lipinski definition) is 0. The highest BCUT2D eigenvalue weighted by molar-refractivity contribution is 5.31. The average Bonchev–Trinajstić information content (AvgIpc) is 2.40. The largest absolute Gasteiger partial charge is 0.0628 e. The molecule has 1 aromatic carbocycles. The van der Waals surface area contributed by atoms with Crippen LogP contribution in [0, 0.1) is 17.3 Å². The molecule has 0 aliphatic carbocycles. The van der Waals surface area contributed by atoms with Crippen molar-refractivity contribution in [1.82, 2.24) is 0 Å². The first-order valence-corrected chi connectivity index (χ1v) is 9.27. The molecule has 0 spiro atoms. The van der Waals surface area contributed by atoms with Gasteiger partial charge in [-0.2, -0.15) is 0 Å². The molecule has 1 rings (SSSR count). The molecule has 0 fully saturated rings. The lowest BCUT2D eigenvalue weighted by Gasteiger charge is -2.19. The maximum Gasteiger partial charge on any atom is -0.0274 e. The van der Waals surface area contributed by atoms with Crippen LogP contribution in [0.15, 0.2) is 18.2 Å². The highest BCUT2D eigenvalue weighted by atomic mass is 14.2. The summed E-state index contributed by atoms with van der Waals surface area (Å²) in [4.78, 5) is 0. The molecule has 0 nitrogen and oxygen atoms in total. The Labute approximate surface area is 139 Å². The predicted molar refractivity (Wildman–Crippen MR) is 101 cm³/mol. The Morgan fingerprint density at radius 3 is 1.36 bits per heavy atom. The zero-order valence-corrected chi connectivity index (χ0v) is 16.1. The van der Waals surface area contributed by atoms with Crippen molar-refractivity contribution in [1.29, 1.82) is 0 Å². The first-order valence-electron chi connectivity index (χ1n) is 9.27. The van der Waals surface area contributed by atoms with Gasteiger partial charge in [0.1, 0.15) is 0 Å². The quantitative estimate of drug-likeness (QED) is 0.493. The van der Waals surface area contributed by atoms with Gasteiger partial charge in [-0.15, -0.1) is 0 Å². The van der Waals surface area contributed by atoms with E-state index >= 15 is 0 Å². The normalized spacial score (nSPS) is 12.4. The fourth-order valence-electron chi connectivity index (χ4n) is 2.70. The summed E-state index contributed by atoms with van der Waals surface area (Å²) < 4.78 is 0. The van der Waals surface area contributed by atoms with Crippen LogP contribution in [0.5, 0.6) is 0 Å². The van der Waals surface area contributed by atoms with Gasteiger partial charge in [0.05, 0.1) is 0 Å². The average molecular weight is 303 g/mol. The SMILES string of the molecule is CC(C)CCc1cc(CCC(C)C)cc(CCC(C)(C)C)c1. The Kier molecular flexibility index (Phi) is 7.66. The molecule has 22 heavy (non-hydrogen) atoms. The van der Waals surface area contributed by atoms with Gasteiger partial charge in [-0.3, -0.25) is 0 Å². The molecule has 0 atom stereocenters. The molecule has 0 saturated heterocycles. The molecule has 0 amide bonds. The molecule has 0 unspecified atom stereocenters. The van der Waals surface area contributed by atoms with Crippen LogP contribution in [0.1, 0.15) is 84.4 Å². The predicted octanol–water partition coefficient (Wildman–Crippen LogP) is 6.84. The Bertz CT molecular complexity index is 402. The van der Waals surface area contributed by atoms with Gasteiger partial charge in [-0.05, 0) is 72.5 Å². The van der Waals surface area contributed by atoms with Gasteiger partial charge in [0.25, 0.3) is 0 Å². The zero-order valence-electron chi connectivity index (χ0n) is 16.1. The van der Waals surface area contributed by atoms with E-state index in [1.54, 1.807) is 16.7 Å². The molecule has 126 valence electrons. The van der Waals surface area contributed by atoms with Crippen molar-refractivity contribution in [2.24, 2.45) is 17.3 Å². The highest BCUT2D eigenvalue weighted by Crippen LogP contribution is 2.24. The van der Waals surface area contributed by atoms with Crippen molar-refractivity contribution in [3.8, 4) is 0 Å². The number of hydrogen-bond donors (Lipinski definition) is 0. The fourth-order valence-corrected chi connectivity index (χ4v) is 2.70. The van der Waals surface area contributed by atoms with Crippen LogP contribution in [0.3, 0.4) is 0 Å². The third kappa shape index (κ3) is 8.61. The van der Waals surface area contributed by atoms with Gasteiger partial charge in [-0.1, -0.05) is 66.7 Å². The molecule has 0 N–H and O–H groups in total. The smallest absolute Gasteiger partial charge is 0.0274 e. The second-order valence-electron chi connectivity index (χ2n) is 9.08. The molecular weight excluding hydrogens is 264 g/mol. The van der Waals surface area contributed by atoms with Crippen LogP contribution >= 0.6 is 0 Å². The lowest BCUT2D eigenvalue weighted by atomic mass is 9.87. The van der Waals surface area contributed by atoms with E-state index in [4.69, 9.17) is 0 Å². The van der Waals surface area contributed by atoms with E-state index in [1.165, 1.54) is 38.5 Å². The van der Waals surface area contributed by atoms with E-state index in [-0.39, 0.29) is 0 Å². The molecule has 0 heterocycles. The Balaban J connectivity index is 2.83. The van der Waals surface area contributed by atoms with Crippen molar-refractivity contribution in [3.63, 3.8) is 0 Å². The third-order valence-electron chi connectivity index (χ3n) is 4.30. The molecule has 1 aromatic rings. The van der Waals surface area contributed by atoms with Gasteiger partial charge >= 0.3 is 0 Å². The van der Waals surface area contributed by atoms with Crippen molar-refractivity contribution in [3.05, 3.63) is 34.9 Å². The van der Waals surface area contributed by atoms with Crippen LogP contribution in [0.4, 0.5) is 0 Å². The summed E-state index contributed by atoms with van der Waals surface area (Å²) in [5, 5.41) is 0. The topological polar surface area (TPSA) is 0 Å². The van der Waals surface area contributed by atoms with Crippen LogP contribution < -0.4 is 0 Å². The first-order chi connectivity index (χ1) is 10.2. The highest BCUT2D eigenvalue weighted by Gasteiger charge is 2.11. The minimum Gasteiger partial charge on any atom is -0.0628 e. The summed E-state index contributed by atoms with van der Waals surface area (Å²) >= 11 is 0. The van der Waals surface area contributed by atoms with Crippen LogP contribution in [-0.2, 0) is 19.3 Å². The molecule has 0 aliphatic rings. The second kappa shape index (κ2) is 8.75. The van der Waals surface area contributed by atoms with E-state index in [1.807, 2.05) is 0 Å². The lowest BCUT2D eigenvalue weighted by Crippen LogP contribution is -2.07. The Morgan fingerprint density at radius 1 is 0.682 bits per heavy atom. The molecule has 0 aromatic heterocycles. The second-order valence-corrected chi connectivity index (χ2v) is 9.08. The summed E-state index contributed by atoms with van der Waals surface area (Å²) in [6.07, 6.45) is 7.54. The summed E-state index contributed by atoms with van der Waals surface area (Å²) in [6, 6.07) is 7.39. The molecule has 0 bridgehead atoms. The van der Waals surface area contributed by atoms with Crippen molar-refractivity contribution >= 4 is 0 Å². The summed E-state index contributed by atoms with van der Waals surface area (Å²) in [5.41, 5.74) is 5.08. The minimum absolute atomic E-state index is 0.423. The molecule has 0 radical (unpaired) electrons. The van der Waals surface area contributed by atoms with Gasteiger partial charge in [0, 0.05) is 0 Å². The molecule has 0 aliphatic heterocycles. The van der Waals surface area contributed by atoms with Crippen molar-refractivity contribution in [2.75, 3.05) is 0 Å². The minimum atomic E-state index is 0.423. The van der Waals surface area contributed by atoms with E-state index in [9.17, 15) is 0 Å². The van der Waals surface area contributed by atoms with E-state index in [0.717, 1.165) is 11.8 Å². The van der Waals surface area contributed by atoms with Crippen LogP contribution in [0.2, 0.25) is 0 Å². The van der Waals surface area contributed by atoms with E-state index < -0.39 is 0 Å². The Morgan fingerprint density at radius 2 is 1.05 bits per heavy atom. The molecule has 0 heteroatoms. The van der Waals surface area contributed by atoms with Gasteiger partial charge < -0.3 is 0 Å². The summed E-state index contributed by atoms with van der Waals surface area (Å²) in [7, 11) is 0. The van der Waals surface area contributed by atoms with Crippen LogP contribution in [0.25, 0.3) is 0 Å². The van der Waals surface area contributed by atoms with Crippen molar-refractivity contribution in [2.45, 2.75) is 87.0 Å². The maximum absolute atomic E-state index is 2.47. The van der Waals surface area contributed by atoms with E-state index in [2.05, 4.69) is 66.7 Å². The molecule has 0 saturated carbocycles. The fraction of sp³-hybridized carbons (Fsp3) is 0.727. The number of rotatable bonds is 8. The third-order valence-corrected chi connectivity index (χ3v) is 4.30. The Hall–Kier alpha value is -0.780. The summed E-state index contributed by atoms with van der Waals surface area (Å²) in [5.74, 6) is 1.58. The molecular formula is C22H38. The maximum atomic E-state index is 2.47. The van der Waals surface area contributed by atoms with Gasteiger partial charge in [0.2, 0.25) is 0 Å². The van der Waals surface area contributed by atoms with Crippen LogP contribution in [-0.4, -0.2) is 0 Å². The van der Waals surface area contributed by atoms with Gasteiger partial charge in [-0.25, -0.2) is 0 Å². The number of aryl methyl sites for hydroxylation is 3.